The lowest BCUT2D eigenvalue weighted by molar-refractivity contribution is 0.736. The molecule has 15 heavy (non-hydrogen) atoms. The second-order valence-electron chi connectivity index (χ2n) is 3.80. The van der Waals surface area contributed by atoms with E-state index in [0.717, 1.165) is 12.1 Å². The van der Waals surface area contributed by atoms with Gasteiger partial charge in [0.2, 0.25) is 0 Å². The van der Waals surface area contributed by atoms with Crippen molar-refractivity contribution >= 4 is 0 Å². The first-order valence-electron chi connectivity index (χ1n) is 5.10. The van der Waals surface area contributed by atoms with E-state index in [2.05, 4.69) is 17.2 Å². The van der Waals surface area contributed by atoms with Crippen molar-refractivity contribution in [2.75, 3.05) is 0 Å². The van der Waals surface area contributed by atoms with Crippen LogP contribution >= 0.6 is 0 Å². The van der Waals surface area contributed by atoms with E-state index in [1.165, 1.54) is 5.56 Å². The Morgan fingerprint density at radius 2 is 2.27 bits per heavy atom. The lowest BCUT2D eigenvalue weighted by Crippen LogP contribution is -2.17. The van der Waals surface area contributed by atoms with Crippen LogP contribution in [0.2, 0.25) is 0 Å². The zero-order valence-corrected chi connectivity index (χ0v) is 8.80. The summed E-state index contributed by atoms with van der Waals surface area (Å²) in [6, 6.07) is 10.4. The minimum atomic E-state index is 0.192. The predicted molar refractivity (Wildman–Crippen MR) is 60.9 cm³/mol. The molecule has 1 heterocycles. The van der Waals surface area contributed by atoms with Crippen LogP contribution in [0.25, 0.3) is 5.69 Å². The predicted octanol–water partition coefficient (Wildman–Crippen LogP) is 1.76. The fourth-order valence-electron chi connectivity index (χ4n) is 1.62. The number of hydrogen-bond acceptors (Lipinski definition) is 2. The standard InChI is InChI=1S/C12H15N3/c1-10(13)8-11-4-2-5-12(9-11)15-7-3-6-14-15/h2-7,9-10H,8,13H2,1H3. The van der Waals surface area contributed by atoms with Crippen molar-refractivity contribution < 1.29 is 0 Å². The Bertz CT molecular complexity index is 418. The molecule has 0 aliphatic heterocycles. The molecule has 3 heteroatoms. The summed E-state index contributed by atoms with van der Waals surface area (Å²) in [5.41, 5.74) is 8.10. The van der Waals surface area contributed by atoms with E-state index in [-0.39, 0.29) is 6.04 Å². The summed E-state index contributed by atoms with van der Waals surface area (Å²) in [5, 5.41) is 4.19. The molecular formula is C12H15N3. The summed E-state index contributed by atoms with van der Waals surface area (Å²) in [6.07, 6.45) is 4.61. The minimum absolute atomic E-state index is 0.192. The number of nitrogens with two attached hydrogens (primary N) is 1. The van der Waals surface area contributed by atoms with Gasteiger partial charge in [0, 0.05) is 18.4 Å². The summed E-state index contributed by atoms with van der Waals surface area (Å²) in [4.78, 5) is 0. The fraction of sp³-hybridized carbons (Fsp3) is 0.250. The summed E-state index contributed by atoms with van der Waals surface area (Å²) in [5.74, 6) is 0. The molecule has 0 spiro atoms. The molecule has 1 atom stereocenters. The number of rotatable bonds is 3. The maximum Gasteiger partial charge on any atom is 0.0648 e. The Hall–Kier alpha value is -1.61. The molecule has 0 aliphatic rings. The van der Waals surface area contributed by atoms with Gasteiger partial charge in [0.05, 0.1) is 5.69 Å². The molecule has 1 unspecified atom stereocenters. The van der Waals surface area contributed by atoms with Gasteiger partial charge in [0.15, 0.2) is 0 Å². The quantitative estimate of drug-likeness (QED) is 0.822. The van der Waals surface area contributed by atoms with Crippen LogP contribution in [0.15, 0.2) is 42.7 Å². The van der Waals surface area contributed by atoms with Crippen molar-refractivity contribution in [3.63, 3.8) is 0 Å². The van der Waals surface area contributed by atoms with Gasteiger partial charge in [-0.3, -0.25) is 0 Å². The van der Waals surface area contributed by atoms with Gasteiger partial charge >= 0.3 is 0 Å². The van der Waals surface area contributed by atoms with E-state index in [4.69, 9.17) is 5.73 Å². The van der Waals surface area contributed by atoms with Crippen LogP contribution in [0.3, 0.4) is 0 Å². The second kappa shape index (κ2) is 4.28. The van der Waals surface area contributed by atoms with E-state index >= 15 is 0 Å². The van der Waals surface area contributed by atoms with Crippen molar-refractivity contribution in [3.05, 3.63) is 48.3 Å². The molecule has 0 radical (unpaired) electrons. The number of nitrogens with zero attached hydrogens (tertiary/aromatic N) is 2. The van der Waals surface area contributed by atoms with E-state index < -0.39 is 0 Å². The monoisotopic (exact) mass is 201 g/mol. The van der Waals surface area contributed by atoms with Crippen LogP contribution in [-0.4, -0.2) is 15.8 Å². The maximum atomic E-state index is 5.77. The third-order valence-corrected chi connectivity index (χ3v) is 2.24. The molecule has 0 bridgehead atoms. The first kappa shape index (κ1) is 9.93. The Morgan fingerprint density at radius 1 is 1.40 bits per heavy atom. The lowest BCUT2D eigenvalue weighted by Gasteiger charge is -2.07. The highest BCUT2D eigenvalue weighted by atomic mass is 15.3. The largest absolute Gasteiger partial charge is 0.328 e. The Morgan fingerprint density at radius 3 is 2.93 bits per heavy atom. The molecule has 2 aromatic rings. The highest BCUT2D eigenvalue weighted by Crippen LogP contribution is 2.10. The third kappa shape index (κ3) is 2.44. The highest BCUT2D eigenvalue weighted by molar-refractivity contribution is 5.35. The van der Waals surface area contributed by atoms with Crippen molar-refractivity contribution in [3.8, 4) is 5.69 Å². The Balaban J connectivity index is 2.27. The minimum Gasteiger partial charge on any atom is -0.328 e. The topological polar surface area (TPSA) is 43.8 Å². The molecule has 0 saturated heterocycles. The maximum absolute atomic E-state index is 5.77. The fourth-order valence-corrected chi connectivity index (χ4v) is 1.62. The van der Waals surface area contributed by atoms with Gasteiger partial charge in [-0.2, -0.15) is 5.10 Å². The number of aromatic nitrogens is 2. The van der Waals surface area contributed by atoms with Gasteiger partial charge in [-0.25, -0.2) is 4.68 Å². The van der Waals surface area contributed by atoms with Crippen LogP contribution in [0, 0.1) is 0 Å². The van der Waals surface area contributed by atoms with Crippen LogP contribution in [0.1, 0.15) is 12.5 Å². The van der Waals surface area contributed by atoms with Gasteiger partial charge in [-0.15, -0.1) is 0 Å². The highest BCUT2D eigenvalue weighted by Gasteiger charge is 2.00. The van der Waals surface area contributed by atoms with E-state index in [1.54, 1.807) is 6.20 Å². The zero-order valence-electron chi connectivity index (χ0n) is 8.80. The molecule has 78 valence electrons. The van der Waals surface area contributed by atoms with Crippen LogP contribution < -0.4 is 5.73 Å². The van der Waals surface area contributed by atoms with Crippen molar-refractivity contribution in [1.29, 1.82) is 0 Å². The summed E-state index contributed by atoms with van der Waals surface area (Å²) in [6.45, 7) is 2.01. The molecule has 0 aliphatic carbocycles. The first-order chi connectivity index (χ1) is 7.25. The van der Waals surface area contributed by atoms with Gasteiger partial charge in [0.25, 0.3) is 0 Å². The van der Waals surface area contributed by atoms with E-state index in [1.807, 2.05) is 36.0 Å². The molecule has 0 fully saturated rings. The summed E-state index contributed by atoms with van der Waals surface area (Å²) in [7, 11) is 0. The molecule has 0 amide bonds. The molecule has 0 saturated carbocycles. The van der Waals surface area contributed by atoms with Gasteiger partial charge in [-0.1, -0.05) is 12.1 Å². The van der Waals surface area contributed by atoms with E-state index in [9.17, 15) is 0 Å². The van der Waals surface area contributed by atoms with Crippen LogP contribution in [0.5, 0.6) is 0 Å². The SMILES string of the molecule is CC(N)Cc1cccc(-n2cccn2)c1. The average molecular weight is 201 g/mol. The zero-order chi connectivity index (χ0) is 10.7. The molecular weight excluding hydrogens is 186 g/mol. The smallest absolute Gasteiger partial charge is 0.0648 e. The van der Waals surface area contributed by atoms with Crippen LogP contribution in [0.4, 0.5) is 0 Å². The summed E-state index contributed by atoms with van der Waals surface area (Å²) >= 11 is 0. The first-order valence-corrected chi connectivity index (χ1v) is 5.10. The molecule has 3 nitrogen and oxygen atoms in total. The average Bonchev–Trinajstić information content (AvgIpc) is 2.69. The van der Waals surface area contributed by atoms with Crippen molar-refractivity contribution in [2.24, 2.45) is 5.73 Å². The molecule has 1 aromatic carbocycles. The van der Waals surface area contributed by atoms with E-state index in [0.29, 0.717) is 0 Å². The number of benzene rings is 1. The second-order valence-corrected chi connectivity index (χ2v) is 3.80. The van der Waals surface area contributed by atoms with Gasteiger partial charge in [0.1, 0.15) is 0 Å². The Labute approximate surface area is 89.5 Å². The normalized spacial score (nSPS) is 12.7. The molecule has 1 aromatic heterocycles. The van der Waals surface area contributed by atoms with Gasteiger partial charge in [-0.05, 0) is 37.1 Å². The number of hydrogen-bond donors (Lipinski definition) is 1. The third-order valence-electron chi connectivity index (χ3n) is 2.24. The van der Waals surface area contributed by atoms with Crippen molar-refractivity contribution in [1.82, 2.24) is 9.78 Å². The molecule has 2 rings (SSSR count). The van der Waals surface area contributed by atoms with Gasteiger partial charge < -0.3 is 5.73 Å². The van der Waals surface area contributed by atoms with Crippen LogP contribution in [-0.2, 0) is 6.42 Å². The lowest BCUT2D eigenvalue weighted by atomic mass is 10.1. The van der Waals surface area contributed by atoms with Crippen molar-refractivity contribution in [2.45, 2.75) is 19.4 Å². The summed E-state index contributed by atoms with van der Waals surface area (Å²) < 4.78 is 1.85. The Kier molecular flexibility index (Phi) is 2.83. The molecule has 2 N–H and O–H groups in total.